The molecular formula is C72H137NO10. The lowest BCUT2D eigenvalue weighted by molar-refractivity contribution is -0.303. The van der Waals surface area contributed by atoms with Crippen LogP contribution in [-0.2, 0) is 14.3 Å². The number of hydrogen-bond donors (Lipinski definition) is 8. The molecule has 0 aromatic carbocycles. The van der Waals surface area contributed by atoms with Crippen LogP contribution in [0.2, 0.25) is 0 Å². The topological polar surface area (TPSA) is 189 Å². The Morgan fingerprint density at radius 2 is 0.723 bits per heavy atom. The minimum atomic E-state index is -1.67. The Labute approximate surface area is 511 Å². The van der Waals surface area contributed by atoms with Crippen LogP contribution in [0.1, 0.15) is 348 Å². The molecule has 1 saturated heterocycles. The lowest BCUT2D eigenvalue weighted by Crippen LogP contribution is -2.60. The predicted molar refractivity (Wildman–Crippen MR) is 349 cm³/mol. The van der Waals surface area contributed by atoms with Gasteiger partial charge in [-0.1, -0.05) is 307 Å². The standard InChI is InChI=1S/C72H137NO10/c1-3-5-7-9-11-13-15-17-19-21-23-25-27-29-30-31-32-33-34-35-36-38-40-42-44-46-48-50-52-54-56-58-60-65(76)71(81)73-63(62-82-72-70(80)69(79)68(78)66(61-74)83-72)67(77)64(75)59-57-55-53-51-49-47-45-43-41-39-37-28-26-24-22-20-18-16-14-12-10-8-6-4-2/h29-30,43,45,51,53,63-70,72,74-80H,3-28,31-42,44,46-50,52,54-62H2,1-2H3,(H,73,81)/b30-29-,45-43+,53-51+. The van der Waals surface area contributed by atoms with Gasteiger partial charge in [0.1, 0.15) is 36.6 Å². The van der Waals surface area contributed by atoms with Crippen LogP contribution in [0.5, 0.6) is 0 Å². The van der Waals surface area contributed by atoms with Crippen molar-refractivity contribution >= 4 is 5.91 Å². The zero-order chi connectivity index (χ0) is 60.3. The molecule has 1 aliphatic heterocycles. The molecule has 83 heavy (non-hydrogen) atoms. The summed E-state index contributed by atoms with van der Waals surface area (Å²) in [6, 6.07) is -1.19. The number of carbonyl (C=O) groups is 1. The normalized spacial score (nSPS) is 19.2. The highest BCUT2D eigenvalue weighted by Gasteiger charge is 2.44. The molecule has 0 aliphatic carbocycles. The van der Waals surface area contributed by atoms with Crippen LogP contribution in [-0.4, -0.2) is 110 Å². The van der Waals surface area contributed by atoms with Crippen LogP contribution in [0.3, 0.4) is 0 Å². The van der Waals surface area contributed by atoms with Crippen LogP contribution < -0.4 is 5.32 Å². The molecule has 9 atom stereocenters. The van der Waals surface area contributed by atoms with Crippen molar-refractivity contribution in [3.63, 3.8) is 0 Å². The van der Waals surface area contributed by atoms with Crippen molar-refractivity contribution in [2.75, 3.05) is 13.2 Å². The molecule has 1 aliphatic rings. The first-order chi connectivity index (χ1) is 40.7. The number of aliphatic hydroxyl groups excluding tert-OH is 7. The maximum absolute atomic E-state index is 13.3. The van der Waals surface area contributed by atoms with E-state index in [2.05, 4.69) is 55.6 Å². The second-order valence-corrected chi connectivity index (χ2v) is 25.3. The van der Waals surface area contributed by atoms with E-state index in [1.165, 1.54) is 263 Å². The number of nitrogens with one attached hydrogen (secondary N) is 1. The van der Waals surface area contributed by atoms with E-state index in [0.717, 1.165) is 38.5 Å². The van der Waals surface area contributed by atoms with Crippen molar-refractivity contribution in [1.82, 2.24) is 5.32 Å². The van der Waals surface area contributed by atoms with Gasteiger partial charge in [0, 0.05) is 0 Å². The van der Waals surface area contributed by atoms with Crippen molar-refractivity contribution < 1.29 is 50.0 Å². The van der Waals surface area contributed by atoms with Crippen molar-refractivity contribution in [3.8, 4) is 0 Å². The minimum Gasteiger partial charge on any atom is -0.394 e. The highest BCUT2D eigenvalue weighted by Crippen LogP contribution is 2.24. The molecule has 11 nitrogen and oxygen atoms in total. The Morgan fingerprint density at radius 1 is 0.410 bits per heavy atom. The van der Waals surface area contributed by atoms with Gasteiger partial charge in [-0.25, -0.2) is 0 Å². The van der Waals surface area contributed by atoms with Crippen LogP contribution in [0.15, 0.2) is 36.5 Å². The van der Waals surface area contributed by atoms with Crippen LogP contribution in [0.4, 0.5) is 0 Å². The summed E-state index contributed by atoms with van der Waals surface area (Å²) in [7, 11) is 0. The van der Waals surface area contributed by atoms with Gasteiger partial charge in [0.2, 0.25) is 5.91 Å². The highest BCUT2D eigenvalue weighted by atomic mass is 16.7. The van der Waals surface area contributed by atoms with E-state index >= 15 is 0 Å². The van der Waals surface area contributed by atoms with Gasteiger partial charge in [0.25, 0.3) is 0 Å². The fraction of sp³-hybridized carbons (Fsp3) is 0.903. The number of amides is 1. The van der Waals surface area contributed by atoms with E-state index < -0.39 is 74.2 Å². The fourth-order valence-corrected chi connectivity index (χ4v) is 11.6. The molecule has 0 aromatic heterocycles. The van der Waals surface area contributed by atoms with Crippen LogP contribution >= 0.6 is 0 Å². The number of aliphatic hydroxyl groups is 7. The third-order valence-electron chi connectivity index (χ3n) is 17.4. The number of hydrogen-bond acceptors (Lipinski definition) is 10. The Bertz CT molecular complexity index is 1440. The number of rotatable bonds is 63. The van der Waals surface area contributed by atoms with Gasteiger partial charge in [0.05, 0.1) is 25.4 Å². The Balaban J connectivity index is 2.20. The Hall–Kier alpha value is -1.67. The summed E-state index contributed by atoms with van der Waals surface area (Å²) in [5.41, 5.74) is 0. The molecule has 1 rings (SSSR count). The van der Waals surface area contributed by atoms with E-state index in [1.54, 1.807) is 0 Å². The minimum absolute atomic E-state index is 0.248. The smallest absolute Gasteiger partial charge is 0.249 e. The summed E-state index contributed by atoms with van der Waals surface area (Å²) in [6.45, 7) is 3.49. The average molecular weight is 1180 g/mol. The zero-order valence-electron chi connectivity index (χ0n) is 54.2. The molecule has 1 heterocycles. The maximum atomic E-state index is 13.3. The number of ether oxygens (including phenoxy) is 2. The summed E-state index contributed by atoms with van der Waals surface area (Å²) in [4.78, 5) is 13.3. The van der Waals surface area contributed by atoms with E-state index in [0.29, 0.717) is 19.3 Å². The summed E-state index contributed by atoms with van der Waals surface area (Å²) in [5, 5.41) is 76.5. The van der Waals surface area contributed by atoms with Gasteiger partial charge in [0.15, 0.2) is 6.29 Å². The van der Waals surface area contributed by atoms with E-state index in [9.17, 15) is 40.5 Å². The van der Waals surface area contributed by atoms with Crippen molar-refractivity contribution in [2.45, 2.75) is 403 Å². The first-order valence-electron chi connectivity index (χ1n) is 35.9. The van der Waals surface area contributed by atoms with Gasteiger partial charge >= 0.3 is 0 Å². The molecule has 11 heteroatoms. The van der Waals surface area contributed by atoms with Gasteiger partial charge < -0.3 is 50.5 Å². The lowest BCUT2D eigenvalue weighted by atomic mass is 9.98. The maximum Gasteiger partial charge on any atom is 0.249 e. The van der Waals surface area contributed by atoms with Crippen molar-refractivity contribution in [3.05, 3.63) is 36.5 Å². The zero-order valence-corrected chi connectivity index (χ0v) is 54.2. The molecule has 9 unspecified atom stereocenters. The van der Waals surface area contributed by atoms with E-state index in [-0.39, 0.29) is 12.8 Å². The summed E-state index contributed by atoms with van der Waals surface area (Å²) in [5.74, 6) is -0.705. The third kappa shape index (κ3) is 48.0. The monoisotopic (exact) mass is 1180 g/mol. The number of carbonyl (C=O) groups excluding carboxylic acids is 1. The van der Waals surface area contributed by atoms with Gasteiger partial charge in [-0.3, -0.25) is 4.79 Å². The average Bonchev–Trinajstić information content (AvgIpc) is 3.68. The molecule has 0 spiro atoms. The van der Waals surface area contributed by atoms with E-state index in [1.807, 2.05) is 0 Å². The fourth-order valence-electron chi connectivity index (χ4n) is 11.6. The van der Waals surface area contributed by atoms with Crippen LogP contribution in [0, 0.1) is 0 Å². The molecule has 0 bridgehead atoms. The van der Waals surface area contributed by atoms with Crippen molar-refractivity contribution in [1.29, 1.82) is 0 Å². The molecule has 1 amide bonds. The lowest BCUT2D eigenvalue weighted by Gasteiger charge is -2.40. The molecule has 0 aromatic rings. The molecule has 0 saturated carbocycles. The summed E-state index contributed by atoms with van der Waals surface area (Å²) < 4.78 is 11.2. The number of unbranched alkanes of at least 4 members (excludes halogenated alkanes) is 45. The Kier molecular flexibility index (Phi) is 57.9. The molecular weight excluding hydrogens is 1040 g/mol. The first-order valence-corrected chi connectivity index (χ1v) is 35.9. The molecule has 1 fully saturated rings. The second-order valence-electron chi connectivity index (χ2n) is 25.3. The van der Waals surface area contributed by atoms with Gasteiger partial charge in [-0.2, -0.15) is 0 Å². The molecule has 8 N–H and O–H groups in total. The largest absolute Gasteiger partial charge is 0.394 e. The SMILES string of the molecule is CCCCCCCCCCCCCC/C=C\CCCCCCCCCCCCCCCCCCC(O)C(=O)NC(COC1OC(CO)C(O)C(O)C1O)C(O)C(O)CCC/C=C/CC/C=C/CCCCCCCCCCCCCCCCC. The molecule has 0 radical (unpaired) electrons. The molecule has 490 valence electrons. The number of allylic oxidation sites excluding steroid dienone is 6. The summed E-state index contributed by atoms with van der Waals surface area (Å²) >= 11 is 0. The third-order valence-corrected chi connectivity index (χ3v) is 17.4. The predicted octanol–water partition coefficient (Wildman–Crippen LogP) is 17.4. The van der Waals surface area contributed by atoms with E-state index in [4.69, 9.17) is 9.47 Å². The van der Waals surface area contributed by atoms with Gasteiger partial charge in [-0.05, 0) is 77.0 Å². The van der Waals surface area contributed by atoms with Crippen LogP contribution in [0.25, 0.3) is 0 Å². The summed E-state index contributed by atoms with van der Waals surface area (Å²) in [6.07, 6.45) is 66.7. The highest BCUT2D eigenvalue weighted by molar-refractivity contribution is 5.80. The second kappa shape index (κ2) is 60.6. The first kappa shape index (κ1) is 79.3. The van der Waals surface area contributed by atoms with Gasteiger partial charge in [-0.15, -0.1) is 0 Å². The Morgan fingerprint density at radius 3 is 1.07 bits per heavy atom. The quantitative estimate of drug-likeness (QED) is 0.0215. The van der Waals surface area contributed by atoms with Crippen molar-refractivity contribution in [2.24, 2.45) is 0 Å².